The van der Waals surface area contributed by atoms with Gasteiger partial charge in [0.25, 0.3) is 5.91 Å². The van der Waals surface area contributed by atoms with Crippen molar-refractivity contribution in [1.29, 1.82) is 0 Å². The van der Waals surface area contributed by atoms with Crippen molar-refractivity contribution >= 4 is 5.91 Å². The van der Waals surface area contributed by atoms with E-state index in [4.69, 9.17) is 4.74 Å². The highest BCUT2D eigenvalue weighted by atomic mass is 16.5. The summed E-state index contributed by atoms with van der Waals surface area (Å²) in [5.74, 6) is 0.102. The van der Waals surface area contributed by atoms with Crippen molar-refractivity contribution in [1.82, 2.24) is 9.47 Å². The van der Waals surface area contributed by atoms with E-state index in [2.05, 4.69) is 12.1 Å². The fourth-order valence-corrected chi connectivity index (χ4v) is 3.50. The maximum Gasteiger partial charge on any atom is 0.253 e. The first kappa shape index (κ1) is 17.6. The van der Waals surface area contributed by atoms with E-state index in [-0.39, 0.29) is 12.0 Å². The predicted molar refractivity (Wildman–Crippen MR) is 106 cm³/mol. The number of likely N-dealkylation sites (tertiary alicyclic amines) is 1. The van der Waals surface area contributed by atoms with Crippen LogP contribution in [0.3, 0.4) is 0 Å². The second kappa shape index (κ2) is 8.23. The Labute approximate surface area is 160 Å². The molecule has 0 radical (unpaired) electrons. The Balaban J connectivity index is 1.33. The predicted octanol–water partition coefficient (Wildman–Crippen LogP) is 4.30. The highest BCUT2D eigenvalue weighted by Gasteiger charge is 2.24. The summed E-state index contributed by atoms with van der Waals surface area (Å²) in [7, 11) is 0. The van der Waals surface area contributed by atoms with Gasteiger partial charge in [0.2, 0.25) is 0 Å². The zero-order valence-corrected chi connectivity index (χ0v) is 15.3. The van der Waals surface area contributed by atoms with E-state index in [0.29, 0.717) is 6.61 Å². The number of carbonyl (C=O) groups excluding carboxylic acids is 1. The van der Waals surface area contributed by atoms with Gasteiger partial charge in [0, 0.05) is 36.7 Å². The smallest absolute Gasteiger partial charge is 0.253 e. The van der Waals surface area contributed by atoms with Crippen molar-refractivity contribution in [2.24, 2.45) is 0 Å². The van der Waals surface area contributed by atoms with Crippen LogP contribution in [0.4, 0.5) is 0 Å². The lowest BCUT2D eigenvalue weighted by Crippen LogP contribution is -2.40. The second-order valence-electron chi connectivity index (χ2n) is 6.93. The molecule has 0 spiro atoms. The summed E-state index contributed by atoms with van der Waals surface area (Å²) >= 11 is 0. The van der Waals surface area contributed by atoms with Crippen LogP contribution in [-0.4, -0.2) is 34.6 Å². The largest absolute Gasteiger partial charge is 0.373 e. The Morgan fingerprint density at radius 3 is 2.41 bits per heavy atom. The molecule has 0 atom stereocenters. The van der Waals surface area contributed by atoms with E-state index < -0.39 is 0 Å². The minimum atomic E-state index is 0.102. The average Bonchev–Trinajstić information content (AvgIpc) is 3.28. The van der Waals surface area contributed by atoms with Gasteiger partial charge in [0.15, 0.2) is 0 Å². The quantitative estimate of drug-likeness (QED) is 0.680. The van der Waals surface area contributed by atoms with Crippen molar-refractivity contribution in [3.63, 3.8) is 0 Å². The lowest BCUT2D eigenvalue weighted by atomic mass is 10.1. The third kappa shape index (κ3) is 4.29. The van der Waals surface area contributed by atoms with Crippen LogP contribution < -0.4 is 0 Å². The van der Waals surface area contributed by atoms with Crippen molar-refractivity contribution in [2.45, 2.75) is 25.6 Å². The van der Waals surface area contributed by atoms with Crippen LogP contribution in [0.1, 0.15) is 28.8 Å². The standard InChI is InChI=1S/C23H24N2O2/c26-23(20-9-6-10-21(17-20)24-13-4-5-14-24)25-15-11-22(12-16-25)27-18-19-7-2-1-3-8-19/h1-10,13-14,17,22H,11-12,15-16,18H2. The molecule has 1 aromatic heterocycles. The maximum absolute atomic E-state index is 12.9. The van der Waals surface area contributed by atoms with Crippen molar-refractivity contribution in [3.8, 4) is 5.69 Å². The Hall–Kier alpha value is -2.85. The van der Waals surface area contributed by atoms with Crippen LogP contribution in [0.2, 0.25) is 0 Å². The van der Waals surface area contributed by atoms with Crippen LogP contribution in [-0.2, 0) is 11.3 Å². The van der Waals surface area contributed by atoms with Gasteiger partial charge in [-0.3, -0.25) is 4.79 Å². The molecule has 4 heteroatoms. The third-order valence-electron chi connectivity index (χ3n) is 5.05. The molecule has 0 unspecified atom stereocenters. The van der Waals surface area contributed by atoms with Crippen molar-refractivity contribution < 1.29 is 9.53 Å². The van der Waals surface area contributed by atoms with Gasteiger partial charge in [-0.15, -0.1) is 0 Å². The van der Waals surface area contributed by atoms with E-state index in [9.17, 15) is 4.79 Å². The number of aromatic nitrogens is 1. The highest BCUT2D eigenvalue weighted by molar-refractivity contribution is 5.94. The highest BCUT2D eigenvalue weighted by Crippen LogP contribution is 2.19. The van der Waals surface area contributed by atoms with Gasteiger partial charge in [-0.25, -0.2) is 0 Å². The van der Waals surface area contributed by atoms with E-state index in [1.807, 2.05) is 76.5 Å². The lowest BCUT2D eigenvalue weighted by Gasteiger charge is -2.32. The summed E-state index contributed by atoms with van der Waals surface area (Å²) in [6.07, 6.45) is 5.96. The Kier molecular flexibility index (Phi) is 5.35. The Bertz CT molecular complexity index is 866. The normalized spacial score (nSPS) is 15.0. The first-order valence-electron chi connectivity index (χ1n) is 9.48. The van der Waals surface area contributed by atoms with Crippen LogP contribution in [0.5, 0.6) is 0 Å². The van der Waals surface area contributed by atoms with Gasteiger partial charge in [0.1, 0.15) is 0 Å². The van der Waals surface area contributed by atoms with E-state index in [1.165, 1.54) is 5.56 Å². The molecule has 4 rings (SSSR count). The number of piperidine rings is 1. The molecular formula is C23H24N2O2. The number of amides is 1. The molecular weight excluding hydrogens is 336 g/mol. The number of rotatable bonds is 5. The molecule has 0 N–H and O–H groups in total. The Morgan fingerprint density at radius 1 is 0.926 bits per heavy atom. The molecule has 3 aromatic rings. The van der Waals surface area contributed by atoms with E-state index >= 15 is 0 Å². The van der Waals surface area contributed by atoms with E-state index in [0.717, 1.165) is 37.2 Å². The summed E-state index contributed by atoms with van der Waals surface area (Å²) in [6, 6.07) is 22.0. The topological polar surface area (TPSA) is 34.5 Å². The number of ether oxygens (including phenoxy) is 1. The van der Waals surface area contributed by atoms with Gasteiger partial charge in [-0.2, -0.15) is 0 Å². The van der Waals surface area contributed by atoms with Gasteiger partial charge >= 0.3 is 0 Å². The minimum absolute atomic E-state index is 0.102. The van der Waals surface area contributed by atoms with Crippen LogP contribution in [0, 0.1) is 0 Å². The summed E-state index contributed by atoms with van der Waals surface area (Å²) in [5, 5.41) is 0. The zero-order chi connectivity index (χ0) is 18.5. The zero-order valence-electron chi connectivity index (χ0n) is 15.3. The van der Waals surface area contributed by atoms with Crippen molar-refractivity contribution in [3.05, 3.63) is 90.3 Å². The molecule has 1 aliphatic rings. The molecule has 27 heavy (non-hydrogen) atoms. The monoisotopic (exact) mass is 360 g/mol. The fourth-order valence-electron chi connectivity index (χ4n) is 3.50. The molecule has 0 saturated carbocycles. The molecule has 138 valence electrons. The average molecular weight is 360 g/mol. The molecule has 4 nitrogen and oxygen atoms in total. The number of carbonyl (C=O) groups is 1. The lowest BCUT2D eigenvalue weighted by molar-refractivity contribution is -0.000380. The van der Waals surface area contributed by atoms with Crippen LogP contribution in [0.15, 0.2) is 79.1 Å². The minimum Gasteiger partial charge on any atom is -0.373 e. The van der Waals surface area contributed by atoms with Gasteiger partial charge in [-0.05, 0) is 48.7 Å². The number of hydrogen-bond acceptors (Lipinski definition) is 2. The molecule has 2 heterocycles. The van der Waals surface area contributed by atoms with Gasteiger partial charge in [-0.1, -0.05) is 36.4 Å². The number of nitrogens with zero attached hydrogens (tertiary/aromatic N) is 2. The summed E-state index contributed by atoms with van der Waals surface area (Å²) < 4.78 is 8.04. The molecule has 1 fully saturated rings. The Morgan fingerprint density at radius 2 is 1.67 bits per heavy atom. The second-order valence-corrected chi connectivity index (χ2v) is 6.93. The van der Waals surface area contributed by atoms with Crippen molar-refractivity contribution in [2.75, 3.05) is 13.1 Å². The maximum atomic E-state index is 12.9. The van der Waals surface area contributed by atoms with Gasteiger partial charge in [0.05, 0.1) is 12.7 Å². The summed E-state index contributed by atoms with van der Waals surface area (Å²) in [5.41, 5.74) is 2.94. The molecule has 2 aromatic carbocycles. The summed E-state index contributed by atoms with van der Waals surface area (Å²) in [4.78, 5) is 14.8. The summed E-state index contributed by atoms with van der Waals surface area (Å²) in [6.45, 7) is 2.12. The third-order valence-corrected chi connectivity index (χ3v) is 5.05. The molecule has 0 aliphatic carbocycles. The SMILES string of the molecule is O=C(c1cccc(-n2cccc2)c1)N1CCC(OCc2ccccc2)CC1. The molecule has 0 bridgehead atoms. The first-order valence-corrected chi connectivity index (χ1v) is 9.48. The molecule has 1 saturated heterocycles. The van der Waals surface area contributed by atoms with Crippen LogP contribution in [0.25, 0.3) is 5.69 Å². The fraction of sp³-hybridized carbons (Fsp3) is 0.261. The molecule has 1 amide bonds. The molecule has 1 aliphatic heterocycles. The number of hydrogen-bond donors (Lipinski definition) is 0. The van der Waals surface area contributed by atoms with Gasteiger partial charge < -0.3 is 14.2 Å². The first-order chi connectivity index (χ1) is 13.3. The van der Waals surface area contributed by atoms with Crippen LogP contribution >= 0.6 is 0 Å². The number of benzene rings is 2. The van der Waals surface area contributed by atoms with E-state index in [1.54, 1.807) is 0 Å².